The Kier molecular flexibility index (Phi) is 9.63. The molecule has 0 spiro atoms. The van der Waals surface area contributed by atoms with Crippen LogP contribution in [0.5, 0.6) is 5.88 Å². The summed E-state index contributed by atoms with van der Waals surface area (Å²) in [5, 5.41) is 4.72. The first-order valence-corrected chi connectivity index (χ1v) is 18.2. The number of rotatable bonds is 14. The summed E-state index contributed by atoms with van der Waals surface area (Å²) in [6.45, 7) is 1.31. The maximum absolute atomic E-state index is 12.8. The molecule has 2 aromatic carbocycles. The lowest BCUT2D eigenvalue weighted by atomic mass is 10.2. The third-order valence-corrected chi connectivity index (χ3v) is 12.8. The highest BCUT2D eigenvalue weighted by atomic mass is 33.2. The Morgan fingerprint density at radius 1 is 0.902 bits per heavy atom. The molecule has 0 fully saturated rings. The third-order valence-electron chi connectivity index (χ3n) is 6.10. The number of hydrogen-bond acceptors (Lipinski definition) is 12. The van der Waals surface area contributed by atoms with Crippen molar-refractivity contribution in [2.75, 3.05) is 48.8 Å². The molecular weight excluding hydrogens is 591 g/mol. The van der Waals surface area contributed by atoms with Crippen molar-refractivity contribution in [1.82, 2.24) is 10.3 Å². The van der Waals surface area contributed by atoms with Crippen LogP contribution in [0.2, 0.25) is 0 Å². The van der Waals surface area contributed by atoms with E-state index in [0.29, 0.717) is 50.5 Å². The first-order valence-electron chi connectivity index (χ1n) is 12.7. The van der Waals surface area contributed by atoms with Gasteiger partial charge in [0.15, 0.2) is 0 Å². The highest BCUT2D eigenvalue weighted by Crippen LogP contribution is 2.27. The van der Waals surface area contributed by atoms with E-state index in [0.717, 1.165) is 11.3 Å². The number of fused-ring (bicyclic) bond motifs is 1. The second-order valence-corrected chi connectivity index (χ2v) is 17.4. The van der Waals surface area contributed by atoms with Crippen molar-refractivity contribution in [3.8, 4) is 5.88 Å². The van der Waals surface area contributed by atoms with Gasteiger partial charge in [-0.05, 0) is 55.8 Å². The molecule has 0 radical (unpaired) electrons. The van der Waals surface area contributed by atoms with Gasteiger partial charge in [-0.2, -0.15) is 0 Å². The minimum atomic E-state index is -4.14. The second kappa shape index (κ2) is 13.0. The predicted molar refractivity (Wildman–Crippen MR) is 157 cm³/mol. The van der Waals surface area contributed by atoms with Crippen LogP contribution in [0, 0.1) is 0 Å². The standard InChI is InChI=1S/C26H31N5O7S3/c1-39(32,33)40(34,35)16-14-27-13-5-6-15-38-26-17-21-18-28-20-31(25(21)19-29-26)30-22-9-11-24(12-10-22)41(36,37)23-7-3-2-4-8-23/h2-4,7-12,17-19,27,30H,5-6,13-16,20H2,1H3. The van der Waals surface area contributed by atoms with Gasteiger partial charge in [-0.25, -0.2) is 30.2 Å². The van der Waals surface area contributed by atoms with Gasteiger partial charge in [0.1, 0.15) is 6.67 Å². The molecule has 2 N–H and O–H groups in total. The summed E-state index contributed by atoms with van der Waals surface area (Å²) >= 11 is 0. The fourth-order valence-electron chi connectivity index (χ4n) is 3.85. The number of nitrogens with one attached hydrogen (secondary N) is 2. The molecule has 3 aromatic rings. The van der Waals surface area contributed by atoms with Gasteiger partial charge < -0.3 is 10.1 Å². The zero-order valence-corrected chi connectivity index (χ0v) is 24.8. The smallest absolute Gasteiger partial charge is 0.254 e. The van der Waals surface area contributed by atoms with Gasteiger partial charge in [-0.3, -0.25) is 15.4 Å². The number of sulfone groups is 1. The van der Waals surface area contributed by atoms with E-state index in [-0.39, 0.29) is 16.3 Å². The number of pyridine rings is 1. The van der Waals surface area contributed by atoms with Crippen LogP contribution in [-0.2, 0) is 27.6 Å². The van der Waals surface area contributed by atoms with Gasteiger partial charge in [0, 0.05) is 24.4 Å². The van der Waals surface area contributed by atoms with Gasteiger partial charge in [0.05, 0.1) is 46.0 Å². The number of benzene rings is 2. The van der Waals surface area contributed by atoms with E-state index in [1.165, 1.54) is 0 Å². The average molecular weight is 622 g/mol. The van der Waals surface area contributed by atoms with Crippen molar-refractivity contribution in [3.63, 3.8) is 0 Å². The molecule has 0 saturated carbocycles. The zero-order valence-electron chi connectivity index (χ0n) is 22.3. The molecule has 2 heterocycles. The molecule has 1 aliphatic rings. The molecule has 0 unspecified atom stereocenters. The molecule has 0 saturated heterocycles. The highest BCUT2D eigenvalue weighted by molar-refractivity contribution is 8.66. The number of ether oxygens (including phenoxy) is 1. The lowest BCUT2D eigenvalue weighted by Crippen LogP contribution is -2.33. The van der Waals surface area contributed by atoms with Crippen LogP contribution >= 0.6 is 0 Å². The molecule has 0 aliphatic carbocycles. The lowest BCUT2D eigenvalue weighted by Gasteiger charge is -2.28. The summed E-state index contributed by atoms with van der Waals surface area (Å²) < 4.78 is 76.9. The topological polar surface area (TPSA) is 164 Å². The average Bonchev–Trinajstić information content (AvgIpc) is 2.94. The summed E-state index contributed by atoms with van der Waals surface area (Å²) in [5.41, 5.74) is 5.49. The van der Waals surface area contributed by atoms with E-state index >= 15 is 0 Å². The number of anilines is 2. The van der Waals surface area contributed by atoms with Crippen LogP contribution in [0.15, 0.2) is 81.6 Å². The monoisotopic (exact) mass is 621 g/mol. The molecular formula is C26H31N5O7S3. The van der Waals surface area contributed by atoms with E-state index < -0.39 is 33.3 Å². The Bertz CT molecular complexity index is 1700. The number of aliphatic imine (C=N–C) groups is 1. The lowest BCUT2D eigenvalue weighted by molar-refractivity contribution is 0.295. The third kappa shape index (κ3) is 7.81. The van der Waals surface area contributed by atoms with Crippen molar-refractivity contribution in [1.29, 1.82) is 0 Å². The van der Waals surface area contributed by atoms with Gasteiger partial charge in [0.25, 0.3) is 17.7 Å². The van der Waals surface area contributed by atoms with Crippen LogP contribution in [0.1, 0.15) is 18.4 Å². The second-order valence-electron chi connectivity index (χ2n) is 9.19. The molecule has 12 nitrogen and oxygen atoms in total. The molecule has 0 amide bonds. The van der Waals surface area contributed by atoms with Crippen LogP contribution < -0.4 is 20.5 Å². The van der Waals surface area contributed by atoms with Crippen molar-refractivity contribution in [2.45, 2.75) is 22.6 Å². The van der Waals surface area contributed by atoms with E-state index in [9.17, 15) is 25.3 Å². The number of hydrogen-bond donors (Lipinski definition) is 2. The molecule has 0 atom stereocenters. The fraction of sp³-hybridized carbons (Fsp3) is 0.308. The van der Waals surface area contributed by atoms with Crippen LogP contribution in [0.3, 0.4) is 0 Å². The Morgan fingerprint density at radius 2 is 1.61 bits per heavy atom. The van der Waals surface area contributed by atoms with Crippen LogP contribution in [0.4, 0.5) is 11.4 Å². The van der Waals surface area contributed by atoms with Gasteiger partial charge in [-0.1, -0.05) is 18.2 Å². The quantitative estimate of drug-likeness (QED) is 0.200. The first-order chi connectivity index (χ1) is 19.5. The van der Waals surface area contributed by atoms with E-state index in [2.05, 4.69) is 20.7 Å². The van der Waals surface area contributed by atoms with E-state index in [1.54, 1.807) is 78.1 Å². The molecule has 0 bridgehead atoms. The van der Waals surface area contributed by atoms with Crippen LogP contribution in [-0.4, -0.2) is 74.8 Å². The van der Waals surface area contributed by atoms with Crippen molar-refractivity contribution < 1.29 is 30.0 Å². The largest absolute Gasteiger partial charge is 0.478 e. The Balaban J connectivity index is 1.25. The maximum Gasteiger partial charge on any atom is 0.254 e. The number of nitrogens with zero attached hydrogens (tertiary/aromatic N) is 3. The molecule has 1 aliphatic heterocycles. The van der Waals surface area contributed by atoms with Gasteiger partial charge in [0.2, 0.25) is 15.7 Å². The summed E-state index contributed by atoms with van der Waals surface area (Å²) in [6, 6.07) is 16.5. The number of aromatic nitrogens is 1. The normalized spacial score (nSPS) is 13.5. The molecule has 15 heteroatoms. The Morgan fingerprint density at radius 3 is 2.32 bits per heavy atom. The van der Waals surface area contributed by atoms with Gasteiger partial charge in [-0.15, -0.1) is 0 Å². The summed E-state index contributed by atoms with van der Waals surface area (Å²) in [4.78, 5) is 9.19. The highest BCUT2D eigenvalue weighted by Gasteiger charge is 2.23. The Hall–Kier alpha value is -3.53. The maximum atomic E-state index is 12.8. The molecule has 1 aromatic heterocycles. The van der Waals surface area contributed by atoms with Crippen molar-refractivity contribution in [2.24, 2.45) is 4.99 Å². The van der Waals surface area contributed by atoms with Crippen molar-refractivity contribution >= 4 is 45.2 Å². The zero-order chi connectivity index (χ0) is 29.5. The summed E-state index contributed by atoms with van der Waals surface area (Å²) in [6.07, 6.45) is 5.47. The molecule has 220 valence electrons. The van der Waals surface area contributed by atoms with Crippen LogP contribution in [0.25, 0.3) is 0 Å². The predicted octanol–water partition coefficient (Wildman–Crippen LogP) is 2.26. The van der Waals surface area contributed by atoms with Crippen molar-refractivity contribution in [3.05, 3.63) is 72.4 Å². The summed E-state index contributed by atoms with van der Waals surface area (Å²) in [7, 11) is -11.9. The van der Waals surface area contributed by atoms with E-state index in [1.807, 2.05) is 0 Å². The SMILES string of the molecule is CS(=O)(=O)S(=O)(=O)CCNCCCCOc1cc2c(cn1)N(Nc1ccc(S(=O)(=O)c3ccccc3)cc1)CN=C2. The number of unbranched alkanes of at least 4 members (excludes halogenated alkanes) is 1. The first kappa shape index (κ1) is 30.4. The van der Waals surface area contributed by atoms with E-state index in [4.69, 9.17) is 4.74 Å². The molecule has 41 heavy (non-hydrogen) atoms. The fourth-order valence-corrected chi connectivity index (χ4v) is 6.98. The number of hydrazine groups is 1. The Labute approximate surface area is 239 Å². The molecule has 4 rings (SSSR count). The minimum Gasteiger partial charge on any atom is -0.478 e. The summed E-state index contributed by atoms with van der Waals surface area (Å²) in [5.74, 6) is -0.0317. The van der Waals surface area contributed by atoms with Gasteiger partial charge >= 0.3 is 0 Å². The minimum absolute atomic E-state index is 0.0590.